The highest BCUT2D eigenvalue weighted by atomic mass is 32.2. The minimum atomic E-state index is -3.34. The Balaban J connectivity index is 1.73. The molecule has 0 fully saturated rings. The number of para-hydroxylation sites is 1. The maximum atomic E-state index is 12.3. The highest BCUT2D eigenvalue weighted by molar-refractivity contribution is 7.90. The summed E-state index contributed by atoms with van der Waals surface area (Å²) >= 11 is 0. The Morgan fingerprint density at radius 2 is 1.96 bits per heavy atom. The predicted molar refractivity (Wildman–Crippen MR) is 86.4 cm³/mol. The predicted octanol–water partition coefficient (Wildman–Crippen LogP) is 1.82. The molecule has 1 heterocycles. The number of rotatable bonds is 3. The summed E-state index contributed by atoms with van der Waals surface area (Å²) in [6.45, 7) is 0.397. The lowest BCUT2D eigenvalue weighted by Crippen LogP contribution is -2.42. The van der Waals surface area contributed by atoms with Crippen LogP contribution in [0.25, 0.3) is 0 Å². The van der Waals surface area contributed by atoms with Gasteiger partial charge < -0.3 is 10.1 Å². The Hall–Kier alpha value is -2.34. The van der Waals surface area contributed by atoms with Gasteiger partial charge in [-0.1, -0.05) is 24.3 Å². The fraction of sp³-hybridized carbons (Fsp3) is 0.235. The molecular formula is C17H17NO4S. The summed E-state index contributed by atoms with van der Waals surface area (Å²) in [7, 11) is -3.34. The molecule has 2 aromatic carbocycles. The number of sulfone groups is 1. The second kappa shape index (κ2) is 6.04. The van der Waals surface area contributed by atoms with E-state index in [9.17, 15) is 13.2 Å². The van der Waals surface area contributed by atoms with E-state index in [-0.39, 0.29) is 16.8 Å². The minimum Gasteiger partial charge on any atom is -0.491 e. The van der Waals surface area contributed by atoms with Gasteiger partial charge in [0.15, 0.2) is 9.84 Å². The highest BCUT2D eigenvalue weighted by Crippen LogP contribution is 2.24. The van der Waals surface area contributed by atoms with Crippen molar-refractivity contribution in [1.29, 1.82) is 0 Å². The van der Waals surface area contributed by atoms with Crippen LogP contribution in [-0.2, 0) is 16.3 Å². The summed E-state index contributed by atoms with van der Waals surface area (Å²) in [5, 5.41) is 2.90. The average molecular weight is 331 g/mol. The summed E-state index contributed by atoms with van der Waals surface area (Å²) in [5.74, 6) is 0.542. The maximum absolute atomic E-state index is 12.3. The van der Waals surface area contributed by atoms with Crippen molar-refractivity contribution in [1.82, 2.24) is 5.32 Å². The molecule has 120 valence electrons. The van der Waals surface area contributed by atoms with Crippen molar-refractivity contribution in [3.63, 3.8) is 0 Å². The van der Waals surface area contributed by atoms with Crippen molar-refractivity contribution in [2.75, 3.05) is 12.9 Å². The summed E-state index contributed by atoms with van der Waals surface area (Å²) in [6, 6.07) is 13.6. The molecule has 2 aromatic rings. The largest absolute Gasteiger partial charge is 0.491 e. The van der Waals surface area contributed by atoms with Crippen molar-refractivity contribution in [3.05, 3.63) is 59.7 Å². The van der Waals surface area contributed by atoms with E-state index in [4.69, 9.17) is 4.74 Å². The van der Waals surface area contributed by atoms with Gasteiger partial charge in [-0.05, 0) is 36.2 Å². The van der Waals surface area contributed by atoms with E-state index in [0.29, 0.717) is 18.6 Å². The van der Waals surface area contributed by atoms with Gasteiger partial charge in [-0.25, -0.2) is 8.42 Å². The van der Waals surface area contributed by atoms with Crippen LogP contribution in [0.1, 0.15) is 15.9 Å². The number of hydrogen-bond donors (Lipinski definition) is 1. The number of carbonyl (C=O) groups excluding carboxylic acids is 1. The summed E-state index contributed by atoms with van der Waals surface area (Å²) in [5.41, 5.74) is 1.38. The lowest BCUT2D eigenvalue weighted by Gasteiger charge is -2.26. The Kier molecular flexibility index (Phi) is 4.09. The smallest absolute Gasteiger partial charge is 0.251 e. The molecule has 3 rings (SSSR count). The van der Waals surface area contributed by atoms with Gasteiger partial charge in [0.2, 0.25) is 0 Å². The fourth-order valence-corrected chi connectivity index (χ4v) is 3.22. The third kappa shape index (κ3) is 3.53. The molecule has 1 aliphatic rings. The lowest BCUT2D eigenvalue weighted by molar-refractivity contribution is 0.0915. The van der Waals surface area contributed by atoms with Gasteiger partial charge in [0.1, 0.15) is 12.4 Å². The first kappa shape index (κ1) is 15.6. The molecule has 1 N–H and O–H groups in total. The number of fused-ring (bicyclic) bond motifs is 1. The Bertz CT molecular complexity index is 845. The number of nitrogens with one attached hydrogen (secondary N) is 1. The van der Waals surface area contributed by atoms with Crippen molar-refractivity contribution in [3.8, 4) is 5.75 Å². The molecule has 1 aliphatic heterocycles. The zero-order valence-electron chi connectivity index (χ0n) is 12.7. The van der Waals surface area contributed by atoms with Gasteiger partial charge in [0, 0.05) is 11.8 Å². The number of amides is 1. The first-order valence-corrected chi connectivity index (χ1v) is 9.14. The van der Waals surface area contributed by atoms with Gasteiger partial charge in [-0.2, -0.15) is 0 Å². The number of ether oxygens (including phenoxy) is 1. The van der Waals surface area contributed by atoms with E-state index in [1.165, 1.54) is 12.1 Å². The molecule has 6 heteroatoms. The van der Waals surface area contributed by atoms with Gasteiger partial charge in [-0.3, -0.25) is 4.79 Å². The average Bonchev–Trinajstić information content (AvgIpc) is 2.54. The van der Waals surface area contributed by atoms with Crippen LogP contribution in [-0.4, -0.2) is 33.2 Å². The number of benzene rings is 2. The zero-order valence-corrected chi connectivity index (χ0v) is 13.5. The van der Waals surface area contributed by atoms with Crippen LogP contribution in [0.2, 0.25) is 0 Å². The summed E-state index contributed by atoms with van der Waals surface area (Å²) in [4.78, 5) is 12.5. The van der Waals surface area contributed by atoms with Crippen molar-refractivity contribution >= 4 is 15.7 Å². The van der Waals surface area contributed by atoms with Crippen LogP contribution in [0.4, 0.5) is 0 Å². The van der Waals surface area contributed by atoms with E-state index in [2.05, 4.69) is 5.32 Å². The van der Waals surface area contributed by atoms with E-state index in [0.717, 1.165) is 17.6 Å². The van der Waals surface area contributed by atoms with Gasteiger partial charge in [0.05, 0.1) is 10.9 Å². The first-order chi connectivity index (χ1) is 10.9. The zero-order chi connectivity index (χ0) is 16.4. The molecule has 5 nitrogen and oxygen atoms in total. The summed E-state index contributed by atoms with van der Waals surface area (Å²) < 4.78 is 28.8. The standard InChI is InChI=1S/C17H17NO4S/c1-23(20,21)15-7-4-6-13(10-15)17(19)18-14-9-12-5-2-3-8-16(12)22-11-14/h2-8,10,14H,9,11H2,1H3,(H,18,19). The monoisotopic (exact) mass is 331 g/mol. The van der Waals surface area contributed by atoms with Crippen molar-refractivity contribution in [2.45, 2.75) is 17.4 Å². The Labute approximate surface area is 135 Å². The molecule has 1 amide bonds. The molecule has 0 saturated carbocycles. The summed E-state index contributed by atoms with van der Waals surface area (Å²) in [6.07, 6.45) is 1.81. The Morgan fingerprint density at radius 1 is 1.17 bits per heavy atom. The van der Waals surface area contributed by atoms with E-state index in [1.807, 2.05) is 24.3 Å². The maximum Gasteiger partial charge on any atom is 0.251 e. The number of hydrogen-bond acceptors (Lipinski definition) is 4. The van der Waals surface area contributed by atoms with E-state index >= 15 is 0 Å². The molecule has 1 unspecified atom stereocenters. The van der Waals surface area contributed by atoms with Crippen molar-refractivity contribution < 1.29 is 17.9 Å². The van der Waals surface area contributed by atoms with Crippen LogP contribution in [0, 0.1) is 0 Å². The molecule has 0 aliphatic carbocycles. The van der Waals surface area contributed by atoms with Crippen LogP contribution in [0.5, 0.6) is 5.75 Å². The van der Waals surface area contributed by atoms with Gasteiger partial charge >= 0.3 is 0 Å². The molecule has 23 heavy (non-hydrogen) atoms. The normalized spacial score (nSPS) is 17.0. The lowest BCUT2D eigenvalue weighted by atomic mass is 10.0. The molecule has 0 radical (unpaired) electrons. The second-order valence-electron chi connectivity index (χ2n) is 5.59. The SMILES string of the molecule is CS(=O)(=O)c1cccc(C(=O)NC2COc3ccccc3C2)c1. The molecule has 0 bridgehead atoms. The topological polar surface area (TPSA) is 72.5 Å². The molecule has 0 aromatic heterocycles. The third-order valence-electron chi connectivity index (χ3n) is 3.74. The van der Waals surface area contributed by atoms with Gasteiger partial charge in [0.25, 0.3) is 5.91 Å². The third-order valence-corrected chi connectivity index (χ3v) is 4.85. The second-order valence-corrected chi connectivity index (χ2v) is 7.61. The van der Waals surface area contributed by atoms with E-state index < -0.39 is 9.84 Å². The van der Waals surface area contributed by atoms with Crippen LogP contribution >= 0.6 is 0 Å². The van der Waals surface area contributed by atoms with Gasteiger partial charge in [-0.15, -0.1) is 0 Å². The van der Waals surface area contributed by atoms with Crippen LogP contribution in [0.3, 0.4) is 0 Å². The van der Waals surface area contributed by atoms with Crippen molar-refractivity contribution in [2.24, 2.45) is 0 Å². The quantitative estimate of drug-likeness (QED) is 0.931. The van der Waals surface area contributed by atoms with Crippen LogP contribution in [0.15, 0.2) is 53.4 Å². The highest BCUT2D eigenvalue weighted by Gasteiger charge is 2.22. The minimum absolute atomic E-state index is 0.135. The van der Waals surface area contributed by atoms with E-state index in [1.54, 1.807) is 12.1 Å². The fourth-order valence-electron chi connectivity index (χ4n) is 2.56. The first-order valence-electron chi connectivity index (χ1n) is 7.25. The molecular weight excluding hydrogens is 314 g/mol. The molecule has 0 spiro atoms. The Morgan fingerprint density at radius 3 is 2.74 bits per heavy atom. The van der Waals surface area contributed by atoms with Crippen LogP contribution < -0.4 is 10.1 Å². The molecule has 1 atom stereocenters. The molecule has 0 saturated heterocycles. The number of carbonyl (C=O) groups is 1.